The van der Waals surface area contributed by atoms with Gasteiger partial charge in [0.05, 0.1) is 6.61 Å². The van der Waals surface area contributed by atoms with Crippen molar-refractivity contribution in [2.45, 2.75) is 20.4 Å². The molecule has 0 unspecified atom stereocenters. The minimum atomic E-state index is -0.413. The molecule has 0 heterocycles. The van der Waals surface area contributed by atoms with Crippen LogP contribution in [0.2, 0.25) is 0 Å². The molecule has 1 aromatic rings. The van der Waals surface area contributed by atoms with Crippen molar-refractivity contribution in [1.82, 2.24) is 5.32 Å². The van der Waals surface area contributed by atoms with Gasteiger partial charge in [0, 0.05) is 12.1 Å². The standard InChI is InChI=1S/C13H18N2O2S/c1-9(2)8-17-13(16)15-7-10-4-3-5-11(6-10)12(14)18/h3-6,9H,7-8H2,1-2H3,(H2,14,18)(H,15,16). The monoisotopic (exact) mass is 266 g/mol. The number of nitrogens with two attached hydrogens (primary N) is 1. The van der Waals surface area contributed by atoms with Gasteiger partial charge in [0.15, 0.2) is 0 Å². The minimum Gasteiger partial charge on any atom is -0.449 e. The molecule has 0 aromatic heterocycles. The van der Waals surface area contributed by atoms with Crippen molar-refractivity contribution in [3.8, 4) is 0 Å². The predicted octanol–water partition coefficient (Wildman–Crippen LogP) is 2.20. The van der Waals surface area contributed by atoms with E-state index in [0.29, 0.717) is 24.1 Å². The van der Waals surface area contributed by atoms with Crippen molar-refractivity contribution < 1.29 is 9.53 Å². The summed E-state index contributed by atoms with van der Waals surface area (Å²) >= 11 is 4.89. The molecule has 1 amide bonds. The van der Waals surface area contributed by atoms with E-state index in [4.69, 9.17) is 22.7 Å². The second kappa shape index (κ2) is 6.96. The van der Waals surface area contributed by atoms with E-state index in [1.54, 1.807) is 0 Å². The number of carbonyl (C=O) groups excluding carboxylic acids is 1. The van der Waals surface area contributed by atoms with Crippen LogP contribution in [0.3, 0.4) is 0 Å². The Morgan fingerprint density at radius 3 is 2.83 bits per heavy atom. The van der Waals surface area contributed by atoms with Crippen LogP contribution in [-0.4, -0.2) is 17.7 Å². The second-order valence-electron chi connectivity index (χ2n) is 4.41. The van der Waals surface area contributed by atoms with Gasteiger partial charge in [-0.2, -0.15) is 0 Å². The summed E-state index contributed by atoms with van der Waals surface area (Å²) in [5.41, 5.74) is 7.26. The molecule has 5 heteroatoms. The third-order valence-electron chi connectivity index (χ3n) is 2.20. The van der Waals surface area contributed by atoms with Crippen LogP contribution >= 0.6 is 12.2 Å². The molecule has 0 bridgehead atoms. The molecule has 0 saturated carbocycles. The van der Waals surface area contributed by atoms with Crippen LogP contribution in [0.1, 0.15) is 25.0 Å². The van der Waals surface area contributed by atoms with Gasteiger partial charge in [-0.1, -0.05) is 44.3 Å². The molecule has 0 fully saturated rings. The molecule has 1 rings (SSSR count). The molecule has 3 N–H and O–H groups in total. The van der Waals surface area contributed by atoms with Gasteiger partial charge in [0.2, 0.25) is 0 Å². The first kappa shape index (κ1) is 14.4. The zero-order chi connectivity index (χ0) is 13.5. The van der Waals surface area contributed by atoms with E-state index in [-0.39, 0.29) is 0 Å². The maximum Gasteiger partial charge on any atom is 0.407 e. The summed E-state index contributed by atoms with van der Waals surface area (Å²) in [5, 5.41) is 2.68. The quantitative estimate of drug-likeness (QED) is 0.802. The Bertz CT molecular complexity index is 433. The highest BCUT2D eigenvalue weighted by Gasteiger charge is 2.04. The van der Waals surface area contributed by atoms with Gasteiger partial charge < -0.3 is 15.8 Å². The van der Waals surface area contributed by atoms with Crippen molar-refractivity contribution in [2.24, 2.45) is 11.7 Å². The fourth-order valence-electron chi connectivity index (χ4n) is 1.30. The number of benzene rings is 1. The lowest BCUT2D eigenvalue weighted by Gasteiger charge is -2.09. The molecule has 0 atom stereocenters. The number of hydrogen-bond donors (Lipinski definition) is 2. The molecule has 98 valence electrons. The van der Waals surface area contributed by atoms with Crippen molar-refractivity contribution in [3.05, 3.63) is 35.4 Å². The number of nitrogens with one attached hydrogen (secondary N) is 1. The summed E-state index contributed by atoms with van der Waals surface area (Å²) in [6, 6.07) is 7.43. The van der Waals surface area contributed by atoms with Crippen LogP contribution in [0, 0.1) is 5.92 Å². The van der Waals surface area contributed by atoms with E-state index >= 15 is 0 Å². The van der Waals surface area contributed by atoms with Crippen molar-refractivity contribution in [2.75, 3.05) is 6.61 Å². The second-order valence-corrected chi connectivity index (χ2v) is 4.85. The summed E-state index contributed by atoms with van der Waals surface area (Å²) in [4.78, 5) is 11.7. The van der Waals surface area contributed by atoms with Gasteiger partial charge in [0.1, 0.15) is 4.99 Å². The molecule has 0 aliphatic carbocycles. The Kier molecular flexibility index (Phi) is 5.58. The summed E-state index contributed by atoms with van der Waals surface area (Å²) in [7, 11) is 0. The largest absolute Gasteiger partial charge is 0.449 e. The SMILES string of the molecule is CC(C)COC(=O)NCc1cccc(C(N)=S)c1. The molecule has 4 nitrogen and oxygen atoms in total. The van der Waals surface area contributed by atoms with Gasteiger partial charge in [-0.05, 0) is 17.5 Å². The first-order valence-corrected chi connectivity index (χ1v) is 6.19. The van der Waals surface area contributed by atoms with E-state index in [0.717, 1.165) is 11.1 Å². The summed E-state index contributed by atoms with van der Waals surface area (Å²) in [6.07, 6.45) is -0.413. The maximum atomic E-state index is 11.4. The maximum absolute atomic E-state index is 11.4. The highest BCUT2D eigenvalue weighted by Crippen LogP contribution is 2.05. The molecule has 0 aliphatic heterocycles. The molecule has 0 saturated heterocycles. The highest BCUT2D eigenvalue weighted by molar-refractivity contribution is 7.80. The summed E-state index contributed by atoms with van der Waals surface area (Å²) < 4.78 is 5.00. The number of ether oxygens (including phenoxy) is 1. The van der Waals surface area contributed by atoms with Crippen LogP contribution in [0.25, 0.3) is 0 Å². The fraction of sp³-hybridized carbons (Fsp3) is 0.385. The number of amides is 1. The molecular weight excluding hydrogens is 248 g/mol. The van der Waals surface area contributed by atoms with Crippen LogP contribution in [0.4, 0.5) is 4.79 Å². The summed E-state index contributed by atoms with van der Waals surface area (Å²) in [6.45, 7) is 4.78. The van der Waals surface area contributed by atoms with Crippen LogP contribution in [-0.2, 0) is 11.3 Å². The van der Waals surface area contributed by atoms with Crippen LogP contribution < -0.4 is 11.1 Å². The van der Waals surface area contributed by atoms with Gasteiger partial charge in [-0.15, -0.1) is 0 Å². The molecule has 0 spiro atoms. The number of alkyl carbamates (subject to hydrolysis) is 1. The fourth-order valence-corrected chi connectivity index (χ4v) is 1.43. The van der Waals surface area contributed by atoms with E-state index < -0.39 is 6.09 Å². The Labute approximate surface area is 113 Å². The normalized spacial score (nSPS) is 10.2. The van der Waals surface area contributed by atoms with E-state index in [1.165, 1.54) is 0 Å². The van der Waals surface area contributed by atoms with Gasteiger partial charge in [0.25, 0.3) is 0 Å². The van der Waals surface area contributed by atoms with Crippen LogP contribution in [0.15, 0.2) is 24.3 Å². The molecular formula is C13H18N2O2S. The zero-order valence-electron chi connectivity index (χ0n) is 10.6. The molecule has 18 heavy (non-hydrogen) atoms. The lowest BCUT2D eigenvalue weighted by Crippen LogP contribution is -2.25. The molecule has 0 aliphatic rings. The lowest BCUT2D eigenvalue weighted by atomic mass is 10.1. The first-order chi connectivity index (χ1) is 8.49. The van der Waals surface area contributed by atoms with Gasteiger partial charge >= 0.3 is 6.09 Å². The molecule has 0 radical (unpaired) electrons. The minimum absolute atomic E-state index is 0.327. The number of hydrogen-bond acceptors (Lipinski definition) is 3. The zero-order valence-corrected chi connectivity index (χ0v) is 11.4. The number of thiocarbonyl (C=S) groups is 1. The Balaban J connectivity index is 2.46. The van der Waals surface area contributed by atoms with E-state index in [1.807, 2.05) is 38.1 Å². The van der Waals surface area contributed by atoms with E-state index in [2.05, 4.69) is 5.32 Å². The van der Waals surface area contributed by atoms with Crippen molar-refractivity contribution >= 4 is 23.3 Å². The van der Waals surface area contributed by atoms with E-state index in [9.17, 15) is 4.79 Å². The van der Waals surface area contributed by atoms with Crippen molar-refractivity contribution in [3.63, 3.8) is 0 Å². The summed E-state index contributed by atoms with van der Waals surface area (Å²) in [5.74, 6) is 0.327. The lowest BCUT2D eigenvalue weighted by molar-refractivity contribution is 0.132. The number of rotatable bonds is 5. The Hall–Kier alpha value is -1.62. The Morgan fingerprint density at radius 2 is 2.22 bits per heavy atom. The first-order valence-electron chi connectivity index (χ1n) is 5.78. The van der Waals surface area contributed by atoms with Gasteiger partial charge in [-0.3, -0.25) is 0 Å². The molecule has 1 aromatic carbocycles. The van der Waals surface area contributed by atoms with Crippen molar-refractivity contribution in [1.29, 1.82) is 0 Å². The van der Waals surface area contributed by atoms with Crippen LogP contribution in [0.5, 0.6) is 0 Å². The smallest absolute Gasteiger partial charge is 0.407 e. The van der Waals surface area contributed by atoms with Gasteiger partial charge in [-0.25, -0.2) is 4.79 Å². The highest BCUT2D eigenvalue weighted by atomic mass is 32.1. The third-order valence-corrected chi connectivity index (χ3v) is 2.43. The third kappa shape index (κ3) is 5.14. The average molecular weight is 266 g/mol. The predicted molar refractivity (Wildman–Crippen MR) is 75.4 cm³/mol. The topological polar surface area (TPSA) is 64.3 Å². The average Bonchev–Trinajstić information content (AvgIpc) is 2.34. The number of carbonyl (C=O) groups is 1. The Morgan fingerprint density at radius 1 is 1.50 bits per heavy atom.